The van der Waals surface area contributed by atoms with Gasteiger partial charge in [0.1, 0.15) is 0 Å². The molecule has 92 valence electrons. The summed E-state index contributed by atoms with van der Waals surface area (Å²) >= 11 is 0. The molecule has 0 spiro atoms. The lowest BCUT2D eigenvalue weighted by Crippen LogP contribution is -2.33. The zero-order valence-corrected chi connectivity index (χ0v) is 9.81. The molecule has 0 saturated carbocycles. The fraction of sp³-hybridized carbons (Fsp3) is 0.545. The monoisotopic (exact) mass is 236 g/mol. The maximum absolute atomic E-state index is 11.7. The average molecular weight is 236 g/mol. The standard InChI is InChI=1S/C11H16N4O2/c1-8-10(15-5-3-2-4-6-15)9(7-12-17)11(16)14-13-8/h7,17H,2-6H2,1H3,(H,14,16)/b12-7-. The van der Waals surface area contributed by atoms with Crippen molar-refractivity contribution in [2.45, 2.75) is 26.2 Å². The normalized spacial score (nSPS) is 16.6. The molecule has 0 atom stereocenters. The van der Waals surface area contributed by atoms with E-state index in [9.17, 15) is 4.79 Å². The molecule has 1 fully saturated rings. The quantitative estimate of drug-likeness (QED) is 0.453. The van der Waals surface area contributed by atoms with Crippen LogP contribution in [-0.4, -0.2) is 34.7 Å². The third-order valence-corrected chi connectivity index (χ3v) is 3.03. The van der Waals surface area contributed by atoms with Crippen LogP contribution in [0.1, 0.15) is 30.5 Å². The van der Waals surface area contributed by atoms with Gasteiger partial charge in [0.2, 0.25) is 0 Å². The molecule has 1 saturated heterocycles. The number of oxime groups is 1. The molecular weight excluding hydrogens is 220 g/mol. The molecule has 0 unspecified atom stereocenters. The smallest absolute Gasteiger partial charge is 0.275 e. The molecule has 1 aliphatic rings. The van der Waals surface area contributed by atoms with Gasteiger partial charge in [-0.15, -0.1) is 0 Å². The van der Waals surface area contributed by atoms with E-state index in [1.54, 1.807) is 0 Å². The minimum atomic E-state index is -0.325. The Kier molecular flexibility index (Phi) is 3.41. The Hall–Kier alpha value is -1.85. The lowest BCUT2D eigenvalue weighted by Gasteiger charge is -2.30. The molecule has 0 aromatic carbocycles. The summed E-state index contributed by atoms with van der Waals surface area (Å²) in [6, 6.07) is 0. The van der Waals surface area contributed by atoms with Crippen LogP contribution in [0.4, 0.5) is 5.69 Å². The van der Waals surface area contributed by atoms with Crippen LogP contribution in [0.5, 0.6) is 0 Å². The van der Waals surface area contributed by atoms with Crippen LogP contribution in [0.2, 0.25) is 0 Å². The zero-order valence-electron chi connectivity index (χ0n) is 9.81. The van der Waals surface area contributed by atoms with Crippen molar-refractivity contribution in [2.75, 3.05) is 18.0 Å². The minimum absolute atomic E-state index is 0.325. The van der Waals surface area contributed by atoms with E-state index in [0.717, 1.165) is 37.3 Å². The van der Waals surface area contributed by atoms with Gasteiger partial charge in [-0.05, 0) is 26.2 Å². The van der Waals surface area contributed by atoms with Crippen molar-refractivity contribution in [2.24, 2.45) is 5.16 Å². The van der Waals surface area contributed by atoms with E-state index in [2.05, 4.69) is 20.3 Å². The Bertz CT molecular complexity index is 475. The Morgan fingerprint density at radius 3 is 2.76 bits per heavy atom. The van der Waals surface area contributed by atoms with E-state index >= 15 is 0 Å². The van der Waals surface area contributed by atoms with E-state index in [1.807, 2.05) is 6.92 Å². The highest BCUT2D eigenvalue weighted by Crippen LogP contribution is 2.23. The maximum atomic E-state index is 11.7. The number of piperidine rings is 1. The summed E-state index contributed by atoms with van der Waals surface area (Å²) in [6.45, 7) is 3.67. The fourth-order valence-corrected chi connectivity index (χ4v) is 2.24. The molecule has 6 nitrogen and oxygen atoms in total. The largest absolute Gasteiger partial charge is 0.411 e. The zero-order chi connectivity index (χ0) is 12.3. The van der Waals surface area contributed by atoms with Gasteiger partial charge in [-0.1, -0.05) is 5.16 Å². The first kappa shape index (κ1) is 11.6. The van der Waals surface area contributed by atoms with Gasteiger partial charge >= 0.3 is 0 Å². The lowest BCUT2D eigenvalue weighted by molar-refractivity contribution is 0.322. The van der Waals surface area contributed by atoms with E-state index in [4.69, 9.17) is 5.21 Å². The van der Waals surface area contributed by atoms with Crippen LogP contribution in [0, 0.1) is 6.92 Å². The topological polar surface area (TPSA) is 81.6 Å². The van der Waals surface area contributed by atoms with Crippen molar-refractivity contribution in [1.29, 1.82) is 0 Å². The first-order valence-corrected chi connectivity index (χ1v) is 5.75. The second-order valence-electron chi connectivity index (χ2n) is 4.19. The number of aromatic amines is 1. The molecule has 0 aliphatic carbocycles. The summed E-state index contributed by atoms with van der Waals surface area (Å²) in [7, 11) is 0. The van der Waals surface area contributed by atoms with Gasteiger partial charge in [0.25, 0.3) is 5.56 Å². The fourth-order valence-electron chi connectivity index (χ4n) is 2.24. The molecule has 2 heterocycles. The first-order valence-electron chi connectivity index (χ1n) is 5.75. The Balaban J connectivity index is 2.49. The number of anilines is 1. The van der Waals surface area contributed by atoms with Gasteiger partial charge in [-0.2, -0.15) is 5.10 Å². The number of nitrogens with one attached hydrogen (secondary N) is 1. The molecule has 1 aromatic heterocycles. The number of hydrogen-bond donors (Lipinski definition) is 2. The molecule has 2 rings (SSSR count). The molecular formula is C11H16N4O2. The second-order valence-corrected chi connectivity index (χ2v) is 4.19. The van der Waals surface area contributed by atoms with Gasteiger partial charge < -0.3 is 10.1 Å². The van der Waals surface area contributed by atoms with Crippen LogP contribution in [0.3, 0.4) is 0 Å². The van der Waals surface area contributed by atoms with Crippen molar-refractivity contribution in [3.8, 4) is 0 Å². The Labute approximate surface area is 99.0 Å². The molecule has 0 radical (unpaired) electrons. The van der Waals surface area contributed by atoms with Crippen LogP contribution >= 0.6 is 0 Å². The van der Waals surface area contributed by atoms with Crippen LogP contribution in [0.15, 0.2) is 9.95 Å². The number of aromatic nitrogens is 2. The number of aryl methyl sites for hydroxylation is 1. The maximum Gasteiger partial charge on any atom is 0.275 e. The molecule has 1 aromatic rings. The summed E-state index contributed by atoms with van der Waals surface area (Å²) in [5.41, 5.74) is 1.59. The summed E-state index contributed by atoms with van der Waals surface area (Å²) < 4.78 is 0. The molecule has 0 amide bonds. The van der Waals surface area contributed by atoms with E-state index in [1.165, 1.54) is 12.6 Å². The van der Waals surface area contributed by atoms with Crippen molar-refractivity contribution < 1.29 is 5.21 Å². The molecule has 0 bridgehead atoms. The molecule has 17 heavy (non-hydrogen) atoms. The average Bonchev–Trinajstić information content (AvgIpc) is 2.35. The highest BCUT2D eigenvalue weighted by atomic mass is 16.4. The van der Waals surface area contributed by atoms with Gasteiger partial charge in [0, 0.05) is 13.1 Å². The highest BCUT2D eigenvalue weighted by molar-refractivity contribution is 5.87. The predicted octanol–water partition coefficient (Wildman–Crippen LogP) is 0.877. The second kappa shape index (κ2) is 4.99. The summed E-state index contributed by atoms with van der Waals surface area (Å²) in [4.78, 5) is 13.8. The summed E-state index contributed by atoms with van der Waals surface area (Å²) in [5.74, 6) is 0. The Morgan fingerprint density at radius 2 is 2.12 bits per heavy atom. The van der Waals surface area contributed by atoms with Crippen molar-refractivity contribution in [1.82, 2.24) is 10.2 Å². The van der Waals surface area contributed by atoms with Crippen molar-refractivity contribution >= 4 is 11.9 Å². The van der Waals surface area contributed by atoms with Crippen LogP contribution in [-0.2, 0) is 0 Å². The first-order chi connectivity index (χ1) is 8.24. The minimum Gasteiger partial charge on any atom is -0.411 e. The van der Waals surface area contributed by atoms with Gasteiger partial charge in [0.15, 0.2) is 0 Å². The van der Waals surface area contributed by atoms with Gasteiger partial charge in [-0.3, -0.25) is 4.79 Å². The van der Waals surface area contributed by atoms with Crippen LogP contribution in [0.25, 0.3) is 0 Å². The van der Waals surface area contributed by atoms with Crippen molar-refractivity contribution in [3.05, 3.63) is 21.6 Å². The molecule has 6 heteroatoms. The van der Waals surface area contributed by atoms with E-state index < -0.39 is 0 Å². The number of H-pyrrole nitrogens is 1. The predicted molar refractivity (Wildman–Crippen MR) is 65.0 cm³/mol. The highest BCUT2D eigenvalue weighted by Gasteiger charge is 2.19. The third-order valence-electron chi connectivity index (χ3n) is 3.03. The number of rotatable bonds is 2. The lowest BCUT2D eigenvalue weighted by atomic mass is 10.1. The van der Waals surface area contributed by atoms with E-state index in [-0.39, 0.29) is 5.56 Å². The van der Waals surface area contributed by atoms with Crippen LogP contribution < -0.4 is 10.5 Å². The molecule has 2 N–H and O–H groups in total. The SMILES string of the molecule is Cc1n[nH]c(=O)c(/C=N\O)c1N1CCCCC1. The third kappa shape index (κ3) is 2.30. The Morgan fingerprint density at radius 1 is 1.41 bits per heavy atom. The summed E-state index contributed by atoms with van der Waals surface area (Å²) in [6.07, 6.45) is 4.62. The summed E-state index contributed by atoms with van der Waals surface area (Å²) in [5, 5.41) is 18.0. The van der Waals surface area contributed by atoms with Crippen molar-refractivity contribution in [3.63, 3.8) is 0 Å². The molecule has 1 aliphatic heterocycles. The van der Waals surface area contributed by atoms with Gasteiger partial charge in [-0.25, -0.2) is 5.10 Å². The van der Waals surface area contributed by atoms with E-state index in [0.29, 0.717) is 5.56 Å². The number of hydrogen-bond acceptors (Lipinski definition) is 5. The van der Waals surface area contributed by atoms with Gasteiger partial charge in [0.05, 0.1) is 23.2 Å². The number of nitrogens with zero attached hydrogens (tertiary/aromatic N) is 3.